The molecule has 12 heteroatoms. The molecule has 3 N–H and O–H groups in total. The highest BCUT2D eigenvalue weighted by Gasteiger charge is 2.19. The van der Waals surface area contributed by atoms with E-state index in [1.165, 1.54) is 18.0 Å². The zero-order chi connectivity index (χ0) is 36.6. The molecule has 0 bridgehead atoms. The third-order valence-electron chi connectivity index (χ3n) is 9.07. The molecule has 4 aromatic heterocycles. The number of anilines is 1. The SMILES string of the molecule is O=C(Nc1c[nH]c2ncc(-c3ccc(CN4CCCC(F)C4)cc3)cc12)c1cnn(Cc2ccccc2)c1.O=C(O)c1cnn(Cc2ccccc2)c1. The number of carboxylic acids is 1. The van der Waals surface area contributed by atoms with Crippen molar-refractivity contribution in [3.05, 3.63) is 156 Å². The van der Waals surface area contributed by atoms with Crippen LogP contribution >= 0.6 is 0 Å². The second-order valence-electron chi connectivity index (χ2n) is 13.1. The van der Waals surface area contributed by atoms with Crippen LogP contribution in [0.5, 0.6) is 0 Å². The van der Waals surface area contributed by atoms with E-state index in [1.54, 1.807) is 28.0 Å². The van der Waals surface area contributed by atoms with Gasteiger partial charge in [0.05, 0.1) is 42.3 Å². The Morgan fingerprint density at radius 2 is 1.42 bits per heavy atom. The van der Waals surface area contributed by atoms with E-state index < -0.39 is 12.1 Å². The first-order valence-corrected chi connectivity index (χ1v) is 17.5. The van der Waals surface area contributed by atoms with Crippen molar-refractivity contribution in [2.24, 2.45) is 0 Å². The van der Waals surface area contributed by atoms with Crippen molar-refractivity contribution in [1.29, 1.82) is 0 Å². The number of rotatable bonds is 10. The molecule has 0 aliphatic carbocycles. The number of alkyl halides is 1. The molecular weight excluding hydrogens is 672 g/mol. The molecule has 1 atom stereocenters. The number of aromatic carboxylic acids is 1. The minimum atomic E-state index is -0.950. The van der Waals surface area contributed by atoms with Gasteiger partial charge in [-0.3, -0.25) is 19.1 Å². The van der Waals surface area contributed by atoms with E-state index in [0.29, 0.717) is 43.0 Å². The van der Waals surface area contributed by atoms with E-state index in [0.717, 1.165) is 47.2 Å². The van der Waals surface area contributed by atoms with Crippen LogP contribution in [-0.4, -0.2) is 70.7 Å². The van der Waals surface area contributed by atoms with Crippen LogP contribution in [0.3, 0.4) is 0 Å². The topological polar surface area (TPSA) is 134 Å². The second kappa shape index (κ2) is 16.3. The van der Waals surface area contributed by atoms with E-state index in [2.05, 4.69) is 54.6 Å². The Morgan fingerprint density at radius 1 is 0.792 bits per heavy atom. The zero-order valence-corrected chi connectivity index (χ0v) is 29.0. The van der Waals surface area contributed by atoms with Gasteiger partial charge in [-0.1, -0.05) is 84.9 Å². The Hall–Kier alpha value is -6.40. The van der Waals surface area contributed by atoms with Gasteiger partial charge in [-0.25, -0.2) is 14.2 Å². The molecule has 0 saturated carbocycles. The maximum absolute atomic E-state index is 13.7. The molecule has 1 fully saturated rings. The fourth-order valence-electron chi connectivity index (χ4n) is 6.33. The van der Waals surface area contributed by atoms with Crippen LogP contribution in [0, 0.1) is 0 Å². The highest BCUT2D eigenvalue weighted by atomic mass is 19.1. The smallest absolute Gasteiger partial charge is 0.338 e. The third-order valence-corrected chi connectivity index (χ3v) is 9.07. The highest BCUT2D eigenvalue weighted by Crippen LogP contribution is 2.28. The summed E-state index contributed by atoms with van der Waals surface area (Å²) >= 11 is 0. The van der Waals surface area contributed by atoms with Crippen molar-refractivity contribution >= 4 is 28.6 Å². The molecule has 0 spiro atoms. The standard InChI is InChI=1S/C30H29FN6O.C11H10N2O2/c31-26-7-4-12-36(20-26)17-22-8-10-23(11-9-22)24-13-27-28(16-33-29(27)32-14-24)35-30(38)25-15-34-37(19-25)18-21-5-2-1-3-6-21;14-11(15)10-6-12-13(8-10)7-9-4-2-1-3-5-9/h1-3,5-6,8-11,13-16,19,26H,4,7,12,17-18,20H2,(H,32,33)(H,35,38);1-6,8H,7H2,(H,14,15). The minimum absolute atomic E-state index is 0.214. The Kier molecular flexibility index (Phi) is 10.8. The van der Waals surface area contributed by atoms with Crippen molar-refractivity contribution in [3.63, 3.8) is 0 Å². The maximum atomic E-state index is 13.7. The fraction of sp³-hybridized carbons (Fsp3) is 0.195. The molecular formula is C41H39FN8O3. The first-order valence-electron chi connectivity index (χ1n) is 17.5. The predicted molar refractivity (Wildman–Crippen MR) is 201 cm³/mol. The lowest BCUT2D eigenvalue weighted by Crippen LogP contribution is -2.35. The molecule has 3 aromatic carbocycles. The van der Waals surface area contributed by atoms with Gasteiger partial charge in [0, 0.05) is 48.8 Å². The number of pyridine rings is 1. The normalized spacial score (nSPS) is 14.4. The van der Waals surface area contributed by atoms with Gasteiger partial charge in [-0.2, -0.15) is 10.2 Å². The Balaban J connectivity index is 0.000000242. The van der Waals surface area contributed by atoms with Crippen LogP contribution in [0.15, 0.2) is 128 Å². The number of hydrogen-bond donors (Lipinski definition) is 3. The maximum Gasteiger partial charge on any atom is 0.338 e. The lowest BCUT2D eigenvalue weighted by Gasteiger charge is -2.28. The molecule has 7 aromatic rings. The van der Waals surface area contributed by atoms with E-state index >= 15 is 0 Å². The number of aromatic amines is 1. The molecule has 1 aliphatic heterocycles. The molecule has 5 heterocycles. The number of carbonyl (C=O) groups is 2. The van der Waals surface area contributed by atoms with Gasteiger partial charge in [0.15, 0.2) is 0 Å². The summed E-state index contributed by atoms with van der Waals surface area (Å²) in [7, 11) is 0. The first-order chi connectivity index (χ1) is 25.9. The molecule has 1 unspecified atom stereocenters. The number of nitrogens with one attached hydrogen (secondary N) is 2. The number of hydrogen-bond acceptors (Lipinski definition) is 6. The van der Waals surface area contributed by atoms with Gasteiger partial charge in [0.25, 0.3) is 5.91 Å². The number of amides is 1. The Labute approximate surface area is 305 Å². The van der Waals surface area contributed by atoms with Crippen molar-refractivity contribution in [1.82, 2.24) is 34.4 Å². The van der Waals surface area contributed by atoms with E-state index in [1.807, 2.05) is 72.9 Å². The fourth-order valence-corrected chi connectivity index (χ4v) is 6.33. The van der Waals surface area contributed by atoms with Crippen molar-refractivity contribution in [3.8, 4) is 11.1 Å². The first kappa shape index (κ1) is 35.0. The van der Waals surface area contributed by atoms with Gasteiger partial charge in [-0.05, 0) is 47.7 Å². The number of H-pyrrole nitrogens is 1. The lowest BCUT2D eigenvalue weighted by molar-refractivity contribution is 0.0696. The molecule has 0 radical (unpaired) electrons. The number of aromatic nitrogens is 6. The van der Waals surface area contributed by atoms with Crippen molar-refractivity contribution in [2.45, 2.75) is 38.6 Å². The third kappa shape index (κ3) is 9.10. The summed E-state index contributed by atoms with van der Waals surface area (Å²) in [6, 6.07) is 30.1. The number of carbonyl (C=O) groups excluding carboxylic acids is 1. The summed E-state index contributed by atoms with van der Waals surface area (Å²) < 4.78 is 17.1. The number of carboxylic acid groups (broad SMARTS) is 1. The molecule has 11 nitrogen and oxygen atoms in total. The van der Waals surface area contributed by atoms with Gasteiger partial charge < -0.3 is 15.4 Å². The lowest BCUT2D eigenvalue weighted by atomic mass is 10.0. The average Bonchev–Trinajstić information content (AvgIpc) is 3.94. The zero-order valence-electron chi connectivity index (χ0n) is 29.0. The Morgan fingerprint density at radius 3 is 2.04 bits per heavy atom. The molecule has 53 heavy (non-hydrogen) atoms. The predicted octanol–water partition coefficient (Wildman–Crippen LogP) is 7.29. The number of halogens is 1. The van der Waals surface area contributed by atoms with Crippen LogP contribution in [0.2, 0.25) is 0 Å². The largest absolute Gasteiger partial charge is 0.478 e. The molecule has 8 rings (SSSR count). The van der Waals surface area contributed by atoms with Gasteiger partial charge in [0.1, 0.15) is 11.8 Å². The van der Waals surface area contributed by atoms with E-state index in [9.17, 15) is 14.0 Å². The van der Waals surface area contributed by atoms with E-state index in [4.69, 9.17) is 5.11 Å². The van der Waals surface area contributed by atoms with Crippen molar-refractivity contribution in [2.75, 3.05) is 18.4 Å². The monoisotopic (exact) mass is 710 g/mol. The van der Waals surface area contributed by atoms with Crippen LogP contribution < -0.4 is 5.32 Å². The van der Waals surface area contributed by atoms with Crippen LogP contribution in [0.25, 0.3) is 22.2 Å². The molecule has 1 amide bonds. The van der Waals surface area contributed by atoms with Gasteiger partial charge in [-0.15, -0.1) is 0 Å². The summed E-state index contributed by atoms with van der Waals surface area (Å²) in [4.78, 5) is 33.5. The van der Waals surface area contributed by atoms with Crippen molar-refractivity contribution < 1.29 is 19.1 Å². The summed E-state index contributed by atoms with van der Waals surface area (Å²) in [6.07, 6.45) is 10.7. The number of piperidine rings is 1. The number of benzene rings is 3. The summed E-state index contributed by atoms with van der Waals surface area (Å²) in [5.74, 6) is -1.18. The van der Waals surface area contributed by atoms with Gasteiger partial charge >= 0.3 is 5.97 Å². The number of likely N-dealkylation sites (tertiary alicyclic amines) is 1. The molecule has 1 aliphatic rings. The highest BCUT2D eigenvalue weighted by molar-refractivity contribution is 6.08. The van der Waals surface area contributed by atoms with Gasteiger partial charge in [0.2, 0.25) is 0 Å². The average molecular weight is 711 g/mol. The minimum Gasteiger partial charge on any atom is -0.478 e. The number of nitrogens with zero attached hydrogens (tertiary/aromatic N) is 6. The molecule has 1 saturated heterocycles. The van der Waals surface area contributed by atoms with Crippen LogP contribution in [0.4, 0.5) is 10.1 Å². The summed E-state index contributed by atoms with van der Waals surface area (Å²) in [5.41, 5.74) is 7.43. The quantitative estimate of drug-likeness (QED) is 0.136. The van der Waals surface area contributed by atoms with Crippen LogP contribution in [0.1, 0.15) is 50.2 Å². The van der Waals surface area contributed by atoms with E-state index in [-0.39, 0.29) is 11.5 Å². The second-order valence-corrected chi connectivity index (χ2v) is 13.1. The number of fused-ring (bicyclic) bond motifs is 1. The molecule has 268 valence electrons. The summed E-state index contributed by atoms with van der Waals surface area (Å²) in [6.45, 7) is 3.40. The van der Waals surface area contributed by atoms with Crippen LogP contribution in [-0.2, 0) is 19.6 Å². The summed E-state index contributed by atoms with van der Waals surface area (Å²) in [5, 5.41) is 20.8. The Bertz CT molecular complexity index is 2280.